The number of nitriles is 1. The summed E-state index contributed by atoms with van der Waals surface area (Å²) in [5.74, 6) is -1.94. The van der Waals surface area contributed by atoms with Gasteiger partial charge in [-0.05, 0) is 57.7 Å². The van der Waals surface area contributed by atoms with E-state index >= 15 is 0 Å². The van der Waals surface area contributed by atoms with Gasteiger partial charge in [-0.25, -0.2) is 12.8 Å². The highest BCUT2D eigenvalue weighted by atomic mass is 32.2. The summed E-state index contributed by atoms with van der Waals surface area (Å²) in [6, 6.07) is 5.36. The topological polar surface area (TPSA) is 114 Å². The first-order valence-corrected chi connectivity index (χ1v) is 13.5. The van der Waals surface area contributed by atoms with Crippen molar-refractivity contribution in [3.8, 4) is 23.1 Å². The molecular weight excluding hydrogens is 497 g/mol. The second kappa shape index (κ2) is 9.76. The zero-order chi connectivity index (χ0) is 26.3. The van der Waals surface area contributed by atoms with Crippen LogP contribution in [0.4, 0.5) is 13.2 Å². The Morgan fingerprint density at radius 1 is 1.31 bits per heavy atom. The molecule has 1 saturated heterocycles. The second-order valence-corrected chi connectivity index (χ2v) is 11.9. The number of nitrogens with one attached hydrogen (secondary N) is 1. The third-order valence-electron chi connectivity index (χ3n) is 6.84. The molecule has 0 bridgehead atoms. The Morgan fingerprint density at radius 2 is 2.00 bits per heavy atom. The minimum atomic E-state index is -3.21. The summed E-state index contributed by atoms with van der Waals surface area (Å²) >= 11 is 0. The van der Waals surface area contributed by atoms with Crippen molar-refractivity contribution in [2.75, 3.05) is 11.5 Å². The van der Waals surface area contributed by atoms with Gasteiger partial charge in [0.05, 0.1) is 23.3 Å². The molecule has 1 amide bonds. The van der Waals surface area contributed by atoms with Crippen LogP contribution in [0.5, 0.6) is 5.75 Å². The first-order valence-electron chi connectivity index (χ1n) is 11.7. The number of benzene rings is 1. The van der Waals surface area contributed by atoms with E-state index in [0.29, 0.717) is 25.0 Å². The van der Waals surface area contributed by atoms with Crippen molar-refractivity contribution in [1.82, 2.24) is 15.1 Å². The Kier molecular flexibility index (Phi) is 7.05. The minimum absolute atomic E-state index is 0.0403. The summed E-state index contributed by atoms with van der Waals surface area (Å²) in [6.45, 7) is 0.729. The van der Waals surface area contributed by atoms with Crippen molar-refractivity contribution in [2.24, 2.45) is 5.92 Å². The molecule has 1 atom stereocenters. The van der Waals surface area contributed by atoms with Gasteiger partial charge in [0.1, 0.15) is 17.1 Å². The van der Waals surface area contributed by atoms with E-state index in [4.69, 9.17) is 0 Å². The van der Waals surface area contributed by atoms with E-state index in [9.17, 15) is 31.6 Å². The molecule has 1 aromatic carbocycles. The van der Waals surface area contributed by atoms with Gasteiger partial charge in [-0.1, -0.05) is 0 Å². The molecule has 0 radical (unpaired) electrons. The fourth-order valence-electron chi connectivity index (χ4n) is 4.86. The number of carbonyl (C=O) groups is 1. The zero-order valence-electron chi connectivity index (χ0n) is 19.9. The molecule has 0 saturated carbocycles. The summed E-state index contributed by atoms with van der Waals surface area (Å²) in [6.07, 6.45) is 1.17. The molecule has 1 fully saturated rings. The number of hydrogen-bond acceptors (Lipinski definition) is 6. The predicted octanol–water partition coefficient (Wildman–Crippen LogP) is 3.56. The van der Waals surface area contributed by atoms with E-state index in [1.165, 1.54) is 6.07 Å². The van der Waals surface area contributed by atoms with Crippen LogP contribution in [0.25, 0.3) is 11.3 Å². The number of sulfone groups is 1. The monoisotopic (exact) mass is 524 g/mol. The molecule has 1 N–H and O–H groups in total. The molecule has 2 aliphatic rings. The van der Waals surface area contributed by atoms with Crippen molar-refractivity contribution < 1.29 is 31.1 Å². The Hall–Kier alpha value is -3.07. The number of halogens is 3. The van der Waals surface area contributed by atoms with Crippen molar-refractivity contribution in [3.05, 3.63) is 35.3 Å². The van der Waals surface area contributed by atoms with Crippen LogP contribution in [0, 0.1) is 23.1 Å². The van der Waals surface area contributed by atoms with E-state index in [2.05, 4.69) is 21.2 Å². The highest BCUT2D eigenvalue weighted by Gasteiger charge is 2.41. The lowest BCUT2D eigenvalue weighted by molar-refractivity contribution is -0.126. The number of carbonyl (C=O) groups excluding carboxylic acids is 1. The van der Waals surface area contributed by atoms with Crippen molar-refractivity contribution in [1.29, 1.82) is 5.26 Å². The number of rotatable bonds is 6. The third-order valence-corrected chi connectivity index (χ3v) is 8.49. The quantitative estimate of drug-likeness (QED) is 0.618. The highest BCUT2D eigenvalue weighted by molar-refractivity contribution is 7.91. The van der Waals surface area contributed by atoms with Gasteiger partial charge in [0.15, 0.2) is 9.84 Å². The van der Waals surface area contributed by atoms with E-state index in [1.54, 1.807) is 4.68 Å². The molecular formula is C24H27F3N4O4S. The largest absolute Gasteiger partial charge is 0.435 e. The molecule has 4 rings (SSSR count). The van der Waals surface area contributed by atoms with Crippen LogP contribution in [0.3, 0.4) is 0 Å². The van der Waals surface area contributed by atoms with Crippen molar-refractivity contribution in [3.63, 3.8) is 0 Å². The summed E-state index contributed by atoms with van der Waals surface area (Å²) in [5.41, 5.74) is 0.613. The van der Waals surface area contributed by atoms with E-state index in [0.717, 1.165) is 23.4 Å². The maximum atomic E-state index is 14.7. The molecule has 1 unspecified atom stereocenters. The van der Waals surface area contributed by atoms with Gasteiger partial charge in [-0.2, -0.15) is 19.1 Å². The number of nitrogens with zero attached hydrogens (tertiary/aromatic N) is 3. The van der Waals surface area contributed by atoms with E-state index in [-0.39, 0.29) is 47.6 Å². The van der Waals surface area contributed by atoms with Gasteiger partial charge in [0.25, 0.3) is 0 Å². The minimum Gasteiger partial charge on any atom is -0.435 e. The molecule has 1 aliphatic heterocycles. The summed E-state index contributed by atoms with van der Waals surface area (Å²) in [4.78, 5) is 13.2. The number of amides is 1. The van der Waals surface area contributed by atoms with Gasteiger partial charge in [0, 0.05) is 35.2 Å². The average Bonchev–Trinajstić information content (AvgIpc) is 3.20. The van der Waals surface area contributed by atoms with Gasteiger partial charge in [0.2, 0.25) is 5.91 Å². The third kappa shape index (κ3) is 5.21. The lowest BCUT2D eigenvalue weighted by Crippen LogP contribution is -2.54. The lowest BCUT2D eigenvalue weighted by Gasteiger charge is -2.33. The van der Waals surface area contributed by atoms with Crippen LogP contribution in [-0.4, -0.2) is 47.8 Å². The maximum absolute atomic E-state index is 14.7. The second-order valence-electron chi connectivity index (χ2n) is 9.61. The van der Waals surface area contributed by atoms with Gasteiger partial charge in [-0.15, -0.1) is 0 Å². The van der Waals surface area contributed by atoms with Crippen LogP contribution < -0.4 is 10.1 Å². The van der Waals surface area contributed by atoms with Crippen molar-refractivity contribution >= 4 is 15.7 Å². The summed E-state index contributed by atoms with van der Waals surface area (Å²) in [5, 5.41) is 17.1. The van der Waals surface area contributed by atoms with Crippen LogP contribution >= 0.6 is 0 Å². The van der Waals surface area contributed by atoms with E-state index in [1.807, 2.05) is 13.8 Å². The zero-order valence-corrected chi connectivity index (χ0v) is 20.7. The Labute approximate surface area is 207 Å². The fourth-order valence-corrected chi connectivity index (χ4v) is 6.38. The summed E-state index contributed by atoms with van der Waals surface area (Å²) < 4.78 is 69.9. The molecule has 2 heterocycles. The van der Waals surface area contributed by atoms with Crippen molar-refractivity contribution in [2.45, 2.75) is 64.1 Å². The van der Waals surface area contributed by atoms with Crippen LogP contribution in [0.1, 0.15) is 50.4 Å². The van der Waals surface area contributed by atoms with Gasteiger partial charge < -0.3 is 10.1 Å². The smallest absolute Gasteiger partial charge is 0.387 e. The molecule has 0 spiro atoms. The van der Waals surface area contributed by atoms with Crippen LogP contribution in [0.2, 0.25) is 0 Å². The maximum Gasteiger partial charge on any atom is 0.387 e. The lowest BCUT2D eigenvalue weighted by atomic mass is 9.84. The first-order chi connectivity index (χ1) is 16.9. The molecule has 36 heavy (non-hydrogen) atoms. The number of fused-ring (bicyclic) bond motifs is 1. The van der Waals surface area contributed by atoms with E-state index < -0.39 is 33.7 Å². The number of aromatic nitrogens is 2. The fraction of sp³-hybridized carbons (Fsp3) is 0.542. The summed E-state index contributed by atoms with van der Waals surface area (Å²) in [7, 11) is -3.21. The molecule has 194 valence electrons. The molecule has 12 heteroatoms. The van der Waals surface area contributed by atoms with Crippen LogP contribution in [0.15, 0.2) is 18.2 Å². The molecule has 8 nitrogen and oxygen atoms in total. The Balaban J connectivity index is 1.61. The standard InChI is InChI=1S/C24H27F3N4O4S/c1-14(2)31-20-11-15(22(32)29-24(13-28)7-9-36(33,34)10-8-24)3-5-17(20)21(30-31)18-12-16(35-23(26)27)4-6-19(18)25/h4,6,12,14-15,23H,3,5,7-11H2,1-2H3,(H,29,32). The first kappa shape index (κ1) is 26.0. The Morgan fingerprint density at radius 3 is 2.61 bits per heavy atom. The van der Waals surface area contributed by atoms with Gasteiger partial charge >= 0.3 is 6.61 Å². The predicted molar refractivity (Wildman–Crippen MR) is 125 cm³/mol. The molecule has 1 aromatic heterocycles. The highest BCUT2D eigenvalue weighted by Crippen LogP contribution is 2.37. The SMILES string of the molecule is CC(C)n1nc(-c2cc(OC(F)F)ccc2F)c2c1CC(C(=O)NC1(C#N)CCS(=O)(=O)CC1)CC2. The normalized spacial score (nSPS) is 20.6. The number of hydrogen-bond donors (Lipinski definition) is 1. The Bertz CT molecular complexity index is 1300. The van der Waals surface area contributed by atoms with Gasteiger partial charge in [-0.3, -0.25) is 9.48 Å². The number of alkyl halides is 2. The molecule has 1 aliphatic carbocycles. The number of ether oxygens (including phenoxy) is 1. The van der Waals surface area contributed by atoms with Crippen LogP contribution in [-0.2, 0) is 27.5 Å². The average molecular weight is 525 g/mol. The molecule has 2 aromatic rings.